The van der Waals surface area contributed by atoms with Crippen LogP contribution in [-0.2, 0) is 23.7 Å². The third-order valence-corrected chi connectivity index (χ3v) is 9.66. The Morgan fingerprint density at radius 3 is 1.59 bits per heavy atom. The lowest BCUT2D eigenvalue weighted by Crippen LogP contribution is -2.62. The van der Waals surface area contributed by atoms with Crippen molar-refractivity contribution in [2.24, 2.45) is 0 Å². The van der Waals surface area contributed by atoms with Gasteiger partial charge in [0.2, 0.25) is 5.79 Å². The topological polar surface area (TPSA) is 208 Å². The molecule has 11 atom stereocenters. The van der Waals surface area contributed by atoms with Crippen molar-refractivity contribution in [1.29, 1.82) is 0 Å². The predicted octanol–water partition coefficient (Wildman–Crippen LogP) is 2.44. The van der Waals surface area contributed by atoms with Crippen LogP contribution in [0, 0.1) is 0 Å². The number of ether oxygens (including phenoxy) is 5. The molecule has 0 aromatic rings. The van der Waals surface area contributed by atoms with E-state index in [2.05, 4.69) is 13.8 Å². The maximum absolute atomic E-state index is 11.2. The summed E-state index contributed by atoms with van der Waals surface area (Å²) in [7, 11) is 0. The second-order valence-electron chi connectivity index (χ2n) is 14.1. The maximum Gasteiger partial charge on any atom is 0.224 e. The molecule has 0 aliphatic carbocycles. The molecule has 2 heterocycles. The van der Waals surface area contributed by atoms with Gasteiger partial charge in [-0.2, -0.15) is 0 Å². The van der Waals surface area contributed by atoms with E-state index >= 15 is 0 Å². The molecule has 0 spiro atoms. The Labute approximate surface area is 293 Å². The Morgan fingerprint density at radius 1 is 0.592 bits per heavy atom. The SMILES string of the molecule is CCCCCCCCCCC(O)COC[C@H]1O[C@@](COCC(O)CCCCCCCCCC)(O[C@H]2O[C@H](CO)[C@@H](O)[C@H](O)[C@H]2O)[C@@H](O)[C@@H]1O. The normalized spacial score (nSPS) is 31.7. The molecule has 2 rings (SSSR count). The quantitative estimate of drug-likeness (QED) is 0.0526. The zero-order valence-corrected chi connectivity index (χ0v) is 30.2. The van der Waals surface area contributed by atoms with Gasteiger partial charge in [0.1, 0.15) is 49.3 Å². The van der Waals surface area contributed by atoms with Gasteiger partial charge in [0.15, 0.2) is 6.29 Å². The molecule has 0 bridgehead atoms. The average molecular weight is 711 g/mol. The third kappa shape index (κ3) is 15.9. The van der Waals surface area contributed by atoms with Gasteiger partial charge < -0.3 is 64.5 Å². The molecule has 13 nitrogen and oxygen atoms in total. The molecule has 292 valence electrons. The minimum Gasteiger partial charge on any atom is -0.394 e. The molecule has 0 amide bonds. The van der Waals surface area contributed by atoms with Gasteiger partial charge in [0.05, 0.1) is 38.6 Å². The molecule has 49 heavy (non-hydrogen) atoms. The molecule has 0 aromatic heterocycles. The number of aliphatic hydroxyl groups is 8. The zero-order chi connectivity index (χ0) is 36.1. The smallest absolute Gasteiger partial charge is 0.224 e. The first kappa shape index (κ1) is 44.6. The van der Waals surface area contributed by atoms with E-state index in [1.54, 1.807) is 0 Å². The van der Waals surface area contributed by atoms with Crippen LogP contribution in [-0.4, -0.2) is 141 Å². The van der Waals surface area contributed by atoms with Gasteiger partial charge in [0, 0.05) is 0 Å². The molecule has 0 aromatic carbocycles. The van der Waals surface area contributed by atoms with E-state index in [0.717, 1.165) is 38.5 Å². The summed E-state index contributed by atoms with van der Waals surface area (Å²) in [5.41, 5.74) is 0. The summed E-state index contributed by atoms with van der Waals surface area (Å²) in [5.74, 6) is -2.13. The van der Waals surface area contributed by atoms with E-state index in [0.29, 0.717) is 12.8 Å². The van der Waals surface area contributed by atoms with Crippen LogP contribution in [0.5, 0.6) is 0 Å². The van der Waals surface area contributed by atoms with Crippen molar-refractivity contribution in [3.8, 4) is 0 Å². The molecular formula is C36H70O13. The minimum atomic E-state index is -2.13. The van der Waals surface area contributed by atoms with Gasteiger partial charge in [0.25, 0.3) is 0 Å². The van der Waals surface area contributed by atoms with Gasteiger partial charge in [-0.05, 0) is 12.8 Å². The largest absolute Gasteiger partial charge is 0.394 e. The molecule has 2 aliphatic rings. The van der Waals surface area contributed by atoms with E-state index < -0.39 is 80.2 Å². The number of unbranched alkanes of at least 4 members (excludes halogenated alkanes) is 14. The first-order valence-electron chi connectivity index (χ1n) is 19.1. The van der Waals surface area contributed by atoms with Crippen molar-refractivity contribution in [1.82, 2.24) is 0 Å². The van der Waals surface area contributed by atoms with Crippen LogP contribution in [0.1, 0.15) is 129 Å². The second-order valence-corrected chi connectivity index (χ2v) is 14.1. The summed E-state index contributed by atoms with van der Waals surface area (Å²) in [6.45, 7) is 2.88. The van der Waals surface area contributed by atoms with Crippen LogP contribution in [0.2, 0.25) is 0 Å². The number of rotatable bonds is 29. The van der Waals surface area contributed by atoms with Crippen molar-refractivity contribution in [3.63, 3.8) is 0 Å². The Hall–Kier alpha value is -0.520. The molecule has 2 saturated heterocycles. The Bertz CT molecular complexity index is 807. The van der Waals surface area contributed by atoms with Crippen LogP contribution in [0.3, 0.4) is 0 Å². The van der Waals surface area contributed by atoms with Gasteiger partial charge in [-0.15, -0.1) is 0 Å². The zero-order valence-electron chi connectivity index (χ0n) is 30.2. The first-order chi connectivity index (χ1) is 23.6. The molecule has 8 N–H and O–H groups in total. The highest BCUT2D eigenvalue weighted by molar-refractivity contribution is 4.99. The van der Waals surface area contributed by atoms with Crippen LogP contribution in [0.15, 0.2) is 0 Å². The summed E-state index contributed by atoms with van der Waals surface area (Å²) in [4.78, 5) is 0. The van der Waals surface area contributed by atoms with Crippen LogP contribution < -0.4 is 0 Å². The monoisotopic (exact) mass is 710 g/mol. The molecule has 2 aliphatic heterocycles. The van der Waals surface area contributed by atoms with Gasteiger partial charge in [-0.3, -0.25) is 0 Å². The summed E-state index contributed by atoms with van der Waals surface area (Å²) < 4.78 is 28.8. The Morgan fingerprint density at radius 2 is 1.08 bits per heavy atom. The highest BCUT2D eigenvalue weighted by Crippen LogP contribution is 2.37. The highest BCUT2D eigenvalue weighted by atomic mass is 16.8. The van der Waals surface area contributed by atoms with Crippen molar-refractivity contribution in [2.45, 2.75) is 196 Å². The van der Waals surface area contributed by atoms with Gasteiger partial charge in [-0.1, -0.05) is 117 Å². The number of hydrogen-bond donors (Lipinski definition) is 8. The summed E-state index contributed by atoms with van der Waals surface area (Å²) in [6.07, 6.45) is 5.32. The predicted molar refractivity (Wildman–Crippen MR) is 183 cm³/mol. The van der Waals surface area contributed by atoms with Crippen LogP contribution in [0.4, 0.5) is 0 Å². The lowest BCUT2D eigenvalue weighted by Gasteiger charge is -2.43. The maximum atomic E-state index is 11.2. The Balaban J connectivity index is 1.91. The molecule has 0 saturated carbocycles. The summed E-state index contributed by atoms with van der Waals surface area (Å²) in [6, 6.07) is 0. The lowest BCUT2D eigenvalue weighted by molar-refractivity contribution is -0.386. The summed E-state index contributed by atoms with van der Waals surface area (Å²) >= 11 is 0. The third-order valence-electron chi connectivity index (χ3n) is 9.66. The minimum absolute atomic E-state index is 0.00117. The van der Waals surface area contributed by atoms with Crippen LogP contribution >= 0.6 is 0 Å². The van der Waals surface area contributed by atoms with E-state index in [1.807, 2.05) is 0 Å². The standard InChI is InChI=1S/C36H70O13/c1-3-5-7-9-11-13-15-17-19-26(38)22-45-24-29-31(41)34(44)36(48-29,49-35-33(43)32(42)30(40)28(21-37)47-35)25-46-23-27(39)20-18-16-14-12-10-8-6-4-2/h26-35,37-44H,3-25H2,1-2H3/t26?,27?,28-,29-,30-,31-,32+,33-,34+,35-,36+/m1/s1. The van der Waals surface area contributed by atoms with Crippen molar-refractivity contribution < 1.29 is 64.5 Å². The van der Waals surface area contributed by atoms with Crippen molar-refractivity contribution in [3.05, 3.63) is 0 Å². The first-order valence-corrected chi connectivity index (χ1v) is 19.1. The molecule has 0 radical (unpaired) electrons. The summed E-state index contributed by atoms with van der Waals surface area (Å²) in [5, 5.41) is 83.8. The average Bonchev–Trinajstić information content (AvgIpc) is 3.31. The van der Waals surface area contributed by atoms with Gasteiger partial charge in [-0.25, -0.2) is 0 Å². The lowest BCUT2D eigenvalue weighted by atomic mass is 9.99. The number of aliphatic hydroxyl groups excluding tert-OH is 8. The van der Waals surface area contributed by atoms with Gasteiger partial charge >= 0.3 is 0 Å². The molecule has 2 fully saturated rings. The van der Waals surface area contributed by atoms with Crippen LogP contribution in [0.25, 0.3) is 0 Å². The van der Waals surface area contributed by atoms with E-state index in [9.17, 15) is 40.9 Å². The second kappa shape index (κ2) is 25.5. The van der Waals surface area contributed by atoms with Crippen molar-refractivity contribution in [2.75, 3.05) is 33.0 Å². The fourth-order valence-corrected chi connectivity index (χ4v) is 6.46. The fourth-order valence-electron chi connectivity index (χ4n) is 6.46. The van der Waals surface area contributed by atoms with E-state index in [1.165, 1.54) is 64.2 Å². The molecular weight excluding hydrogens is 640 g/mol. The number of hydrogen-bond acceptors (Lipinski definition) is 13. The Kier molecular flexibility index (Phi) is 23.2. The highest BCUT2D eigenvalue weighted by Gasteiger charge is 2.59. The molecule has 2 unspecified atom stereocenters. The van der Waals surface area contributed by atoms with E-state index in [-0.39, 0.29) is 19.8 Å². The van der Waals surface area contributed by atoms with E-state index in [4.69, 9.17) is 23.7 Å². The fraction of sp³-hybridized carbons (Fsp3) is 1.00. The molecule has 13 heteroatoms. The van der Waals surface area contributed by atoms with Crippen molar-refractivity contribution >= 4 is 0 Å².